The average Bonchev–Trinajstić information content (AvgIpc) is 3.49. The van der Waals surface area contributed by atoms with Gasteiger partial charge in [0.2, 0.25) is 5.82 Å². The maximum Gasteiger partial charge on any atom is 0.211 e. The first-order valence-electron chi connectivity index (χ1n) is 9.50. The number of fused-ring (bicyclic) bond motifs is 3. The normalized spacial score (nSPS) is 14.3. The minimum atomic E-state index is 0.132. The minimum absolute atomic E-state index is 0.132. The van der Waals surface area contributed by atoms with Crippen LogP contribution in [0.3, 0.4) is 0 Å². The van der Waals surface area contributed by atoms with Crippen molar-refractivity contribution in [3.05, 3.63) is 60.4 Å². The van der Waals surface area contributed by atoms with Crippen molar-refractivity contribution >= 4 is 17.4 Å². The van der Waals surface area contributed by atoms with Gasteiger partial charge in [0.15, 0.2) is 29.7 Å². The molecule has 2 aliphatic rings. The van der Waals surface area contributed by atoms with Gasteiger partial charge in [-0.25, -0.2) is 9.98 Å². The Balaban J connectivity index is 1.62. The number of rotatable bonds is 7. The third-order valence-corrected chi connectivity index (χ3v) is 4.79. The second-order valence-corrected chi connectivity index (χ2v) is 6.54. The summed E-state index contributed by atoms with van der Waals surface area (Å²) in [7, 11) is 1.57. The molecule has 156 valence electrons. The number of nitrogens with zero attached hydrogens (tertiary/aromatic N) is 7. The summed E-state index contributed by atoms with van der Waals surface area (Å²) >= 11 is 0. The van der Waals surface area contributed by atoms with Gasteiger partial charge in [0, 0.05) is 18.3 Å². The topological polar surface area (TPSA) is 123 Å². The van der Waals surface area contributed by atoms with Gasteiger partial charge in [-0.3, -0.25) is 4.99 Å². The molecule has 0 aliphatic carbocycles. The molecule has 4 heterocycles. The van der Waals surface area contributed by atoms with Gasteiger partial charge in [0.1, 0.15) is 17.2 Å². The third kappa shape index (κ3) is 3.25. The molecule has 31 heavy (non-hydrogen) atoms. The molecule has 2 aliphatic heterocycles. The van der Waals surface area contributed by atoms with Crippen LogP contribution in [0.2, 0.25) is 0 Å². The van der Waals surface area contributed by atoms with Crippen molar-refractivity contribution in [2.24, 2.45) is 9.98 Å². The maximum atomic E-state index is 5.87. The lowest BCUT2D eigenvalue weighted by atomic mass is 10.1. The molecule has 5 rings (SSSR count). The van der Waals surface area contributed by atoms with Crippen LogP contribution in [0.1, 0.15) is 17.1 Å². The van der Waals surface area contributed by atoms with Crippen LogP contribution < -0.4 is 14.2 Å². The Morgan fingerprint density at radius 2 is 2.16 bits per heavy atom. The number of H-pyrrole nitrogens is 1. The van der Waals surface area contributed by atoms with Crippen molar-refractivity contribution in [2.45, 2.75) is 6.61 Å². The molecule has 0 spiro atoms. The van der Waals surface area contributed by atoms with Gasteiger partial charge in [-0.2, -0.15) is 5.21 Å². The molecule has 3 aromatic rings. The number of pyridine rings is 1. The summed E-state index contributed by atoms with van der Waals surface area (Å²) in [6.45, 7) is 5.12. The van der Waals surface area contributed by atoms with E-state index in [0.29, 0.717) is 53.4 Å². The number of hydrogen-bond acceptors (Lipinski definition) is 10. The van der Waals surface area contributed by atoms with E-state index in [2.05, 4.69) is 37.2 Å². The van der Waals surface area contributed by atoms with Crippen molar-refractivity contribution in [1.82, 2.24) is 30.5 Å². The van der Waals surface area contributed by atoms with E-state index in [1.54, 1.807) is 19.4 Å². The molecular weight excluding hydrogens is 400 g/mol. The minimum Gasteiger partial charge on any atom is -0.491 e. The Bertz CT molecular complexity index is 1190. The fraction of sp³-hybridized carbons (Fsp3) is 0.200. The van der Waals surface area contributed by atoms with E-state index in [1.807, 2.05) is 23.1 Å². The Morgan fingerprint density at radius 3 is 2.97 bits per heavy atom. The standard InChI is InChI=1S/C20H18N8O3/c1-3-30-13-5-4-8-21-17(13)20-23-16-12(19-22-9-10-28(19)20)6-7-14(18(16)29-2)31-11-15-24-26-27-25-15/h3-8H,1,9-11H2,2H3,(H,24,25,26,27). The predicted molar refractivity (Wildman–Crippen MR) is 111 cm³/mol. The summed E-state index contributed by atoms with van der Waals surface area (Å²) in [4.78, 5) is 16.1. The van der Waals surface area contributed by atoms with Crippen molar-refractivity contribution in [3.8, 4) is 17.2 Å². The lowest BCUT2D eigenvalue weighted by Crippen LogP contribution is -2.38. The summed E-state index contributed by atoms with van der Waals surface area (Å²) in [6.07, 6.45) is 3.05. The smallest absolute Gasteiger partial charge is 0.211 e. The van der Waals surface area contributed by atoms with Gasteiger partial charge in [-0.1, -0.05) is 11.8 Å². The van der Waals surface area contributed by atoms with E-state index in [4.69, 9.17) is 19.2 Å². The molecule has 0 radical (unpaired) electrons. The molecule has 0 saturated heterocycles. The Morgan fingerprint density at radius 1 is 1.23 bits per heavy atom. The molecule has 1 N–H and O–H groups in total. The number of benzene rings is 1. The van der Waals surface area contributed by atoms with Gasteiger partial charge in [0.05, 0.1) is 19.9 Å². The van der Waals surface area contributed by atoms with E-state index >= 15 is 0 Å². The molecule has 0 atom stereocenters. The largest absolute Gasteiger partial charge is 0.491 e. The molecule has 0 amide bonds. The SMILES string of the molecule is C=COc1cccnc1C1=Nc2c(ccc(OCc3nn[nH]n3)c2OC)C2=NCCN21. The van der Waals surface area contributed by atoms with E-state index in [0.717, 1.165) is 11.4 Å². The van der Waals surface area contributed by atoms with Gasteiger partial charge in [-0.05, 0) is 24.3 Å². The van der Waals surface area contributed by atoms with E-state index in [-0.39, 0.29) is 6.61 Å². The molecule has 0 unspecified atom stereocenters. The number of methoxy groups -OCH3 is 1. The summed E-state index contributed by atoms with van der Waals surface area (Å²) in [5.74, 6) is 3.39. The summed E-state index contributed by atoms with van der Waals surface area (Å²) < 4.78 is 17.1. The lowest BCUT2D eigenvalue weighted by molar-refractivity contribution is 0.277. The van der Waals surface area contributed by atoms with Crippen LogP contribution in [0.4, 0.5) is 5.69 Å². The zero-order valence-electron chi connectivity index (χ0n) is 16.6. The molecule has 0 bridgehead atoms. The summed E-state index contributed by atoms with van der Waals surface area (Å²) in [6, 6.07) is 7.35. The highest BCUT2D eigenvalue weighted by Crippen LogP contribution is 2.44. The van der Waals surface area contributed by atoms with E-state index in [9.17, 15) is 0 Å². The summed E-state index contributed by atoms with van der Waals surface area (Å²) in [5, 5.41) is 13.7. The number of tetrazole rings is 1. The molecule has 1 aromatic carbocycles. The lowest BCUT2D eigenvalue weighted by Gasteiger charge is -2.28. The first kappa shape index (κ1) is 18.7. The molecule has 0 saturated carbocycles. The monoisotopic (exact) mass is 418 g/mol. The van der Waals surface area contributed by atoms with Crippen molar-refractivity contribution in [2.75, 3.05) is 20.2 Å². The van der Waals surface area contributed by atoms with Gasteiger partial charge >= 0.3 is 0 Å². The van der Waals surface area contributed by atoms with Crippen LogP contribution in [0.15, 0.2) is 53.3 Å². The molecule has 11 nitrogen and oxygen atoms in total. The highest BCUT2D eigenvalue weighted by atomic mass is 16.5. The van der Waals surface area contributed by atoms with Crippen molar-refractivity contribution < 1.29 is 14.2 Å². The van der Waals surface area contributed by atoms with Crippen LogP contribution in [-0.2, 0) is 6.61 Å². The fourth-order valence-electron chi connectivity index (χ4n) is 3.52. The third-order valence-electron chi connectivity index (χ3n) is 4.79. The average molecular weight is 418 g/mol. The fourth-order valence-corrected chi connectivity index (χ4v) is 3.52. The number of aromatic nitrogens is 5. The second-order valence-electron chi connectivity index (χ2n) is 6.54. The van der Waals surface area contributed by atoms with Crippen molar-refractivity contribution in [1.29, 1.82) is 0 Å². The van der Waals surface area contributed by atoms with Crippen LogP contribution >= 0.6 is 0 Å². The number of aromatic amines is 1. The maximum absolute atomic E-state index is 5.87. The first-order valence-corrected chi connectivity index (χ1v) is 9.50. The van der Waals surface area contributed by atoms with Crippen LogP contribution in [0, 0.1) is 0 Å². The second kappa shape index (κ2) is 7.86. The quantitative estimate of drug-likeness (QED) is 0.577. The van der Waals surface area contributed by atoms with Crippen molar-refractivity contribution in [3.63, 3.8) is 0 Å². The summed E-state index contributed by atoms with van der Waals surface area (Å²) in [5.41, 5.74) is 2.05. The Hall–Kier alpha value is -4.28. The molecular formula is C20H18N8O3. The van der Waals surface area contributed by atoms with E-state index in [1.165, 1.54) is 6.26 Å². The number of aliphatic imine (C=N–C) groups is 2. The zero-order chi connectivity index (χ0) is 21.2. The number of ether oxygens (including phenoxy) is 3. The molecule has 11 heteroatoms. The molecule has 0 fully saturated rings. The van der Waals surface area contributed by atoms with E-state index < -0.39 is 0 Å². The zero-order valence-corrected chi connectivity index (χ0v) is 16.6. The van der Waals surface area contributed by atoms with Crippen LogP contribution in [0.5, 0.6) is 17.2 Å². The van der Waals surface area contributed by atoms with Crippen LogP contribution in [0.25, 0.3) is 0 Å². The highest BCUT2D eigenvalue weighted by molar-refractivity contribution is 6.21. The predicted octanol–water partition coefficient (Wildman–Crippen LogP) is 1.86. The van der Waals surface area contributed by atoms with Gasteiger partial charge in [0.25, 0.3) is 0 Å². The van der Waals surface area contributed by atoms with Gasteiger partial charge in [-0.15, -0.1) is 10.2 Å². The number of amidine groups is 2. The Kier molecular flexibility index (Phi) is 4.75. The Labute approximate surface area is 177 Å². The first-order chi connectivity index (χ1) is 15.3. The van der Waals surface area contributed by atoms with Gasteiger partial charge < -0.3 is 19.1 Å². The number of nitrogens with one attached hydrogen (secondary N) is 1. The molecule has 2 aromatic heterocycles. The number of hydrogen-bond donors (Lipinski definition) is 1. The van der Waals surface area contributed by atoms with Crippen LogP contribution in [-0.4, -0.2) is 62.4 Å². The highest BCUT2D eigenvalue weighted by Gasteiger charge is 2.34.